The molecule has 0 unspecified atom stereocenters. The molecule has 5 heteroatoms. The van der Waals surface area contributed by atoms with E-state index in [-0.39, 0.29) is 17.3 Å². The number of phenols is 1. The molecule has 1 heterocycles. The quantitative estimate of drug-likeness (QED) is 0.562. The van der Waals surface area contributed by atoms with E-state index >= 15 is 0 Å². The van der Waals surface area contributed by atoms with E-state index in [0.29, 0.717) is 18.0 Å². The molecule has 0 spiro atoms. The molecule has 1 fully saturated rings. The van der Waals surface area contributed by atoms with Gasteiger partial charge in [0.2, 0.25) is 0 Å². The first kappa shape index (κ1) is 13.7. The predicted molar refractivity (Wildman–Crippen MR) is 75.1 cm³/mol. The number of nitrogen functional groups attached to an aromatic ring is 1. The van der Waals surface area contributed by atoms with Crippen molar-refractivity contribution in [1.82, 2.24) is 10.2 Å². The van der Waals surface area contributed by atoms with Gasteiger partial charge >= 0.3 is 0 Å². The van der Waals surface area contributed by atoms with E-state index in [1.807, 2.05) is 0 Å². The fourth-order valence-corrected chi connectivity index (χ4v) is 2.29. The first-order valence-electron chi connectivity index (χ1n) is 6.61. The van der Waals surface area contributed by atoms with Crippen molar-refractivity contribution in [2.45, 2.75) is 12.8 Å². The van der Waals surface area contributed by atoms with Gasteiger partial charge < -0.3 is 21.1 Å². The second-order valence-electron chi connectivity index (χ2n) is 5.23. The number of benzene rings is 1. The summed E-state index contributed by atoms with van der Waals surface area (Å²) in [6.07, 6.45) is 2.23. The van der Waals surface area contributed by atoms with Crippen molar-refractivity contribution in [2.75, 3.05) is 32.4 Å². The number of hydrogen-bond acceptors (Lipinski definition) is 4. The van der Waals surface area contributed by atoms with Crippen LogP contribution in [0.1, 0.15) is 23.2 Å². The predicted octanol–water partition coefficient (Wildman–Crippen LogP) is 1.05. The number of likely N-dealkylation sites (tertiary alicyclic amines) is 1. The number of nitrogens with one attached hydrogen (secondary N) is 1. The number of carbonyl (C=O) groups is 1. The van der Waals surface area contributed by atoms with Gasteiger partial charge in [-0.2, -0.15) is 0 Å². The number of anilines is 1. The Hall–Kier alpha value is -1.75. The molecule has 1 amide bonds. The average Bonchev–Trinajstić information content (AvgIpc) is 2.41. The van der Waals surface area contributed by atoms with Crippen molar-refractivity contribution in [3.8, 4) is 5.75 Å². The highest BCUT2D eigenvalue weighted by Gasteiger charge is 2.17. The molecule has 5 nitrogen and oxygen atoms in total. The summed E-state index contributed by atoms with van der Waals surface area (Å²) in [6, 6.07) is 4.57. The highest BCUT2D eigenvalue weighted by molar-refractivity contribution is 5.95. The van der Waals surface area contributed by atoms with Gasteiger partial charge in [-0.15, -0.1) is 0 Å². The minimum atomic E-state index is -0.158. The molecule has 1 aliphatic heterocycles. The highest BCUT2D eigenvalue weighted by Crippen LogP contribution is 2.20. The first-order valence-corrected chi connectivity index (χ1v) is 6.61. The molecule has 0 bridgehead atoms. The molecule has 0 radical (unpaired) electrons. The van der Waals surface area contributed by atoms with E-state index in [4.69, 9.17) is 5.73 Å². The first-order chi connectivity index (χ1) is 9.06. The lowest BCUT2D eigenvalue weighted by Crippen LogP contribution is -2.36. The number of nitrogens with two attached hydrogens (primary N) is 1. The van der Waals surface area contributed by atoms with Gasteiger partial charge in [0, 0.05) is 12.1 Å². The van der Waals surface area contributed by atoms with E-state index in [0.717, 1.165) is 25.9 Å². The van der Waals surface area contributed by atoms with Gasteiger partial charge in [-0.05, 0) is 57.1 Å². The average molecular weight is 263 g/mol. The van der Waals surface area contributed by atoms with Crippen LogP contribution in [0.25, 0.3) is 0 Å². The van der Waals surface area contributed by atoms with Crippen LogP contribution in [-0.4, -0.2) is 42.6 Å². The lowest BCUT2D eigenvalue weighted by molar-refractivity contribution is 0.0938. The van der Waals surface area contributed by atoms with Crippen LogP contribution >= 0.6 is 0 Å². The van der Waals surface area contributed by atoms with E-state index in [1.165, 1.54) is 6.07 Å². The van der Waals surface area contributed by atoms with Crippen LogP contribution in [0.3, 0.4) is 0 Å². The molecule has 0 saturated carbocycles. The Morgan fingerprint density at radius 2 is 2.16 bits per heavy atom. The molecule has 4 N–H and O–H groups in total. The number of nitrogens with zero attached hydrogens (tertiary/aromatic N) is 1. The molecule has 0 atom stereocenters. The molecule has 19 heavy (non-hydrogen) atoms. The summed E-state index contributed by atoms with van der Waals surface area (Å²) < 4.78 is 0. The number of aromatic hydroxyl groups is 1. The maximum atomic E-state index is 11.9. The van der Waals surface area contributed by atoms with Crippen LogP contribution < -0.4 is 11.1 Å². The maximum Gasteiger partial charge on any atom is 0.251 e. The van der Waals surface area contributed by atoms with Crippen molar-refractivity contribution in [3.05, 3.63) is 23.8 Å². The number of phenolic OH excluding ortho intramolecular Hbond substituents is 1. The third-order valence-electron chi connectivity index (χ3n) is 3.68. The zero-order chi connectivity index (χ0) is 13.8. The van der Waals surface area contributed by atoms with Crippen molar-refractivity contribution in [1.29, 1.82) is 0 Å². The molecule has 1 aromatic carbocycles. The summed E-state index contributed by atoms with van der Waals surface area (Å²) in [5, 5.41) is 12.4. The third-order valence-corrected chi connectivity index (χ3v) is 3.68. The topological polar surface area (TPSA) is 78.6 Å². The van der Waals surface area contributed by atoms with Gasteiger partial charge in [0.05, 0.1) is 5.69 Å². The lowest BCUT2D eigenvalue weighted by Gasteiger charge is -2.28. The van der Waals surface area contributed by atoms with Crippen molar-refractivity contribution in [2.24, 2.45) is 5.92 Å². The Bertz CT molecular complexity index is 454. The number of amides is 1. The Morgan fingerprint density at radius 1 is 1.47 bits per heavy atom. The molecular weight excluding hydrogens is 242 g/mol. The summed E-state index contributed by atoms with van der Waals surface area (Å²) in [4.78, 5) is 14.2. The SMILES string of the molecule is CN1CCC(CNC(=O)c2ccc(N)c(O)c2)CC1. The summed E-state index contributed by atoms with van der Waals surface area (Å²) in [7, 11) is 2.12. The fraction of sp³-hybridized carbons (Fsp3) is 0.500. The van der Waals surface area contributed by atoms with E-state index in [2.05, 4.69) is 17.3 Å². The number of hydrogen-bond donors (Lipinski definition) is 3. The Balaban J connectivity index is 1.85. The smallest absolute Gasteiger partial charge is 0.251 e. The minimum absolute atomic E-state index is 0.0491. The summed E-state index contributed by atoms with van der Waals surface area (Å²) >= 11 is 0. The number of rotatable bonds is 3. The lowest BCUT2D eigenvalue weighted by atomic mass is 9.97. The monoisotopic (exact) mass is 263 g/mol. The zero-order valence-electron chi connectivity index (χ0n) is 11.2. The second kappa shape index (κ2) is 5.93. The van der Waals surface area contributed by atoms with Gasteiger partial charge in [-0.3, -0.25) is 4.79 Å². The van der Waals surface area contributed by atoms with Crippen molar-refractivity contribution in [3.63, 3.8) is 0 Å². The molecule has 1 aromatic rings. The van der Waals surface area contributed by atoms with E-state index in [1.54, 1.807) is 12.1 Å². The normalized spacial score (nSPS) is 17.3. The zero-order valence-corrected chi connectivity index (χ0v) is 11.2. The van der Waals surface area contributed by atoms with Crippen LogP contribution in [-0.2, 0) is 0 Å². The minimum Gasteiger partial charge on any atom is -0.506 e. The van der Waals surface area contributed by atoms with Gasteiger partial charge in [-0.1, -0.05) is 0 Å². The van der Waals surface area contributed by atoms with Gasteiger partial charge in [0.25, 0.3) is 5.91 Å². The van der Waals surface area contributed by atoms with Gasteiger partial charge in [0.1, 0.15) is 5.75 Å². The Morgan fingerprint density at radius 3 is 2.79 bits per heavy atom. The van der Waals surface area contributed by atoms with Gasteiger partial charge in [-0.25, -0.2) is 0 Å². The van der Waals surface area contributed by atoms with Crippen molar-refractivity contribution >= 4 is 11.6 Å². The summed E-state index contributed by atoms with van der Waals surface area (Å²) in [5.41, 5.74) is 6.23. The molecule has 0 aliphatic carbocycles. The molecule has 0 aromatic heterocycles. The largest absolute Gasteiger partial charge is 0.506 e. The second-order valence-corrected chi connectivity index (χ2v) is 5.23. The number of carbonyl (C=O) groups excluding carboxylic acids is 1. The number of piperidine rings is 1. The van der Waals surface area contributed by atoms with Crippen LogP contribution in [0, 0.1) is 5.92 Å². The third kappa shape index (κ3) is 3.61. The van der Waals surface area contributed by atoms with Gasteiger partial charge in [0.15, 0.2) is 0 Å². The Labute approximate surface area is 113 Å². The van der Waals surface area contributed by atoms with Crippen LogP contribution in [0.5, 0.6) is 5.75 Å². The molecule has 1 saturated heterocycles. The molecule has 104 valence electrons. The van der Waals surface area contributed by atoms with Crippen LogP contribution in [0.2, 0.25) is 0 Å². The van der Waals surface area contributed by atoms with Crippen LogP contribution in [0.15, 0.2) is 18.2 Å². The fourth-order valence-electron chi connectivity index (χ4n) is 2.29. The molecular formula is C14H21N3O2. The Kier molecular flexibility index (Phi) is 4.27. The summed E-state index contributed by atoms with van der Waals surface area (Å²) in [6.45, 7) is 2.87. The standard InChI is InChI=1S/C14H21N3O2/c1-17-6-4-10(5-7-17)9-16-14(19)11-2-3-12(15)13(18)8-11/h2-3,8,10,18H,4-7,9,15H2,1H3,(H,16,19). The van der Waals surface area contributed by atoms with E-state index < -0.39 is 0 Å². The summed E-state index contributed by atoms with van der Waals surface area (Å²) in [5.74, 6) is 0.337. The van der Waals surface area contributed by atoms with Crippen LogP contribution in [0.4, 0.5) is 5.69 Å². The highest BCUT2D eigenvalue weighted by atomic mass is 16.3. The maximum absolute atomic E-state index is 11.9. The molecule has 2 rings (SSSR count). The van der Waals surface area contributed by atoms with E-state index in [9.17, 15) is 9.90 Å². The molecule has 1 aliphatic rings. The van der Waals surface area contributed by atoms with Crippen molar-refractivity contribution < 1.29 is 9.90 Å².